The zero-order valence-electron chi connectivity index (χ0n) is 11.7. The predicted molar refractivity (Wildman–Crippen MR) is 96.2 cm³/mol. The van der Waals surface area contributed by atoms with Gasteiger partial charge in [-0.25, -0.2) is 0 Å². The summed E-state index contributed by atoms with van der Waals surface area (Å²) >= 11 is 14.4. The van der Waals surface area contributed by atoms with Crippen LogP contribution in [0.1, 0.15) is 0 Å². The first-order valence-electron chi connectivity index (χ1n) is 6.34. The molecule has 3 rings (SSSR count). The zero-order chi connectivity index (χ0) is 15.3. The van der Waals surface area contributed by atoms with Gasteiger partial charge in [-0.15, -0.1) is 0 Å². The Morgan fingerprint density at radius 2 is 0.545 bits per heavy atom. The maximum Gasteiger partial charge on any atom is 3.00 e. The molecule has 0 saturated carbocycles. The first kappa shape index (κ1) is 21.8. The number of hydrogen-bond donors (Lipinski definition) is 0. The van der Waals surface area contributed by atoms with Crippen LogP contribution in [0.4, 0.5) is 0 Å². The summed E-state index contributed by atoms with van der Waals surface area (Å²) in [7, 11) is 0. The number of rotatable bonds is 0. The summed E-state index contributed by atoms with van der Waals surface area (Å²) in [6.45, 7) is 0. The van der Waals surface area contributed by atoms with Crippen molar-refractivity contribution >= 4 is 37.9 Å². The van der Waals surface area contributed by atoms with Gasteiger partial charge >= 0.3 is 46.9 Å². The molecule has 3 aromatic rings. The van der Waals surface area contributed by atoms with E-state index in [0.29, 0.717) is 0 Å². The molecule has 0 spiro atoms. The summed E-state index contributed by atoms with van der Waals surface area (Å²) in [4.78, 5) is 2.72. The average Bonchev–Trinajstić information content (AvgIpc) is 2.51. The third-order valence-electron chi connectivity index (χ3n) is 2.23. The molecule has 4 heteroatoms. The molecule has 0 amide bonds. The number of benzene rings is 3. The van der Waals surface area contributed by atoms with Gasteiger partial charge in [0.1, 0.15) is 0 Å². The van der Waals surface area contributed by atoms with E-state index < -0.39 is 0 Å². The molecule has 0 bridgehead atoms. The zero-order valence-corrected chi connectivity index (χ0v) is 15.8. The molecule has 1 radical (unpaired) electrons. The Morgan fingerprint density at radius 1 is 0.364 bits per heavy atom. The fourth-order valence-electron chi connectivity index (χ4n) is 1.26. The molecule has 0 atom stereocenters. The van der Waals surface area contributed by atoms with E-state index in [4.69, 9.17) is 37.9 Å². The molecule has 0 aliphatic rings. The van der Waals surface area contributed by atoms with Crippen LogP contribution in [0.15, 0.2) is 106 Å². The first-order valence-corrected chi connectivity index (χ1v) is 7.57. The predicted octanol–water partition coefficient (Wildman–Crippen LogP) is 4.78. The van der Waals surface area contributed by atoms with Crippen LogP contribution in [-0.2, 0) is 37.9 Å². The van der Waals surface area contributed by atoms with E-state index in [0.717, 1.165) is 14.7 Å². The summed E-state index contributed by atoms with van der Waals surface area (Å²) in [6, 6.07) is 28.8. The Balaban J connectivity index is 0.000000294. The Labute approximate surface area is 188 Å². The van der Waals surface area contributed by atoms with Crippen molar-refractivity contribution in [3.8, 4) is 0 Å². The molecule has 0 saturated heterocycles. The molecule has 0 unspecified atom stereocenters. The van der Waals surface area contributed by atoms with Crippen LogP contribution in [0, 0.1) is 46.9 Å². The molecule has 0 aliphatic carbocycles. The molecular weight excluding hydrogens is 485 g/mol. The van der Waals surface area contributed by atoms with Crippen LogP contribution in [-0.4, -0.2) is 0 Å². The maximum atomic E-state index is 4.81. The molecule has 0 nitrogen and oxygen atoms in total. The molecule has 0 aromatic heterocycles. The Bertz CT molecular complexity index is 497. The second kappa shape index (κ2) is 14.4. The molecule has 119 valence electrons. The summed E-state index contributed by atoms with van der Waals surface area (Å²) in [5.74, 6) is 0. The second-order valence-corrected chi connectivity index (χ2v) is 5.35. The topological polar surface area (TPSA) is 0 Å². The van der Waals surface area contributed by atoms with Gasteiger partial charge < -0.3 is 37.9 Å². The van der Waals surface area contributed by atoms with Gasteiger partial charge in [-0.2, -0.15) is 14.7 Å². The van der Waals surface area contributed by atoms with Crippen molar-refractivity contribution in [2.75, 3.05) is 0 Å². The number of hydrogen-bond acceptors (Lipinski definition) is 3. The van der Waals surface area contributed by atoms with E-state index in [1.807, 2.05) is 91.0 Å². The Morgan fingerprint density at radius 3 is 0.636 bits per heavy atom. The molecule has 0 heterocycles. The van der Waals surface area contributed by atoms with E-state index in [2.05, 4.69) is 0 Å². The van der Waals surface area contributed by atoms with Crippen LogP contribution in [0.2, 0.25) is 0 Å². The van der Waals surface area contributed by atoms with Crippen molar-refractivity contribution in [3.63, 3.8) is 0 Å². The summed E-state index contributed by atoms with van der Waals surface area (Å²) in [5, 5.41) is 0. The van der Waals surface area contributed by atoms with E-state index in [9.17, 15) is 0 Å². The van der Waals surface area contributed by atoms with Crippen molar-refractivity contribution in [2.24, 2.45) is 0 Å². The van der Waals surface area contributed by atoms with Gasteiger partial charge in [0.05, 0.1) is 0 Å². The van der Waals surface area contributed by atoms with Crippen LogP contribution in [0.3, 0.4) is 0 Å². The smallest absolute Gasteiger partial charge is 0.780 e. The SMILES string of the molecule is [S-]c1ccccc1.[S-]c1ccccc1.[S-]c1ccccc1.[Yb+3]. The van der Waals surface area contributed by atoms with Crippen LogP contribution < -0.4 is 0 Å². The first-order chi connectivity index (χ1) is 10.2. The third kappa shape index (κ3) is 12.4. The minimum Gasteiger partial charge on any atom is -0.780 e. The third-order valence-corrected chi connectivity index (χ3v) is 3.05. The normalized spacial score (nSPS) is 8.18. The van der Waals surface area contributed by atoms with Gasteiger partial charge in [0.2, 0.25) is 0 Å². The van der Waals surface area contributed by atoms with Gasteiger partial charge in [-0.1, -0.05) is 91.0 Å². The van der Waals surface area contributed by atoms with Crippen LogP contribution >= 0.6 is 0 Å². The van der Waals surface area contributed by atoms with Crippen molar-refractivity contribution in [1.82, 2.24) is 0 Å². The quantitative estimate of drug-likeness (QED) is 0.408. The average molecular weight is 501 g/mol. The van der Waals surface area contributed by atoms with Crippen molar-refractivity contribution in [2.45, 2.75) is 14.7 Å². The largest absolute Gasteiger partial charge is 3.00 e. The molecule has 0 N–H and O–H groups in total. The summed E-state index contributed by atoms with van der Waals surface area (Å²) < 4.78 is 0. The van der Waals surface area contributed by atoms with Gasteiger partial charge in [0, 0.05) is 0 Å². The molecular formula is C18H15S3Yb. The van der Waals surface area contributed by atoms with Crippen molar-refractivity contribution < 1.29 is 46.9 Å². The van der Waals surface area contributed by atoms with Crippen LogP contribution in [0.5, 0.6) is 0 Å². The Kier molecular flexibility index (Phi) is 14.3. The van der Waals surface area contributed by atoms with Crippen molar-refractivity contribution in [3.05, 3.63) is 91.0 Å². The van der Waals surface area contributed by atoms with Gasteiger partial charge in [0.25, 0.3) is 0 Å². The molecule has 0 fully saturated rings. The fraction of sp³-hybridized carbons (Fsp3) is 0. The van der Waals surface area contributed by atoms with Crippen molar-refractivity contribution in [1.29, 1.82) is 0 Å². The van der Waals surface area contributed by atoms with E-state index in [-0.39, 0.29) is 46.9 Å². The standard InChI is InChI=1S/3C6H6S.Yb/c3*7-6-4-2-1-3-5-6;/h3*1-5,7H;/q;;;+3/p-3. The minimum atomic E-state index is 0. The van der Waals surface area contributed by atoms with Gasteiger partial charge in [0.15, 0.2) is 0 Å². The molecule has 3 aromatic carbocycles. The minimum absolute atomic E-state index is 0. The maximum absolute atomic E-state index is 4.81. The summed E-state index contributed by atoms with van der Waals surface area (Å²) in [5.41, 5.74) is 0. The fourth-order valence-corrected chi connectivity index (χ4v) is 1.73. The van der Waals surface area contributed by atoms with Gasteiger partial charge in [-0.05, 0) is 0 Å². The van der Waals surface area contributed by atoms with E-state index in [1.165, 1.54) is 0 Å². The van der Waals surface area contributed by atoms with Crippen LogP contribution in [0.25, 0.3) is 0 Å². The second-order valence-electron chi connectivity index (χ2n) is 3.94. The Hall–Kier alpha value is -0.161. The van der Waals surface area contributed by atoms with Gasteiger partial charge in [-0.3, -0.25) is 0 Å². The molecule has 0 aliphatic heterocycles. The monoisotopic (exact) mass is 501 g/mol. The van der Waals surface area contributed by atoms with E-state index >= 15 is 0 Å². The van der Waals surface area contributed by atoms with E-state index in [1.54, 1.807) is 0 Å². The summed E-state index contributed by atoms with van der Waals surface area (Å²) in [6.07, 6.45) is 0. The molecule has 22 heavy (non-hydrogen) atoms.